The van der Waals surface area contributed by atoms with Crippen LogP contribution in [0.4, 0.5) is 5.95 Å². The van der Waals surface area contributed by atoms with Crippen molar-refractivity contribution in [1.82, 2.24) is 19.7 Å². The van der Waals surface area contributed by atoms with Crippen molar-refractivity contribution in [2.45, 2.75) is 20.0 Å². The predicted molar refractivity (Wildman–Crippen MR) is 78.5 cm³/mol. The first-order valence-electron chi connectivity index (χ1n) is 6.69. The lowest BCUT2D eigenvalue weighted by Gasteiger charge is -2.19. The number of anilines is 1. The van der Waals surface area contributed by atoms with Gasteiger partial charge in [0.2, 0.25) is 11.9 Å². The Morgan fingerprint density at radius 3 is 2.86 bits per heavy atom. The molecule has 2 rings (SSSR count). The van der Waals surface area contributed by atoms with Gasteiger partial charge in [-0.3, -0.25) is 4.79 Å². The normalized spacial score (nSPS) is 10.4. The first kappa shape index (κ1) is 14.8. The van der Waals surface area contributed by atoms with Crippen LogP contribution in [0.1, 0.15) is 12.5 Å². The highest BCUT2D eigenvalue weighted by Gasteiger charge is 2.13. The number of nitrogens with zero attached hydrogens (tertiary/aromatic N) is 4. The zero-order chi connectivity index (χ0) is 15.2. The van der Waals surface area contributed by atoms with E-state index in [0.717, 1.165) is 11.3 Å². The molecule has 0 saturated heterocycles. The zero-order valence-electron chi connectivity index (χ0n) is 12.2. The van der Waals surface area contributed by atoms with Crippen molar-refractivity contribution in [3.63, 3.8) is 0 Å². The molecule has 0 radical (unpaired) electrons. The highest BCUT2D eigenvalue weighted by atomic mass is 16.5. The minimum absolute atomic E-state index is 0.0776. The molecule has 2 aromatic rings. The van der Waals surface area contributed by atoms with Crippen molar-refractivity contribution in [2.24, 2.45) is 0 Å². The average molecular weight is 289 g/mol. The van der Waals surface area contributed by atoms with Gasteiger partial charge in [0, 0.05) is 19.2 Å². The fraction of sp³-hybridized carbons (Fsp3) is 0.357. The number of nitrogens with two attached hydrogens (primary N) is 1. The van der Waals surface area contributed by atoms with E-state index >= 15 is 0 Å². The quantitative estimate of drug-likeness (QED) is 0.854. The van der Waals surface area contributed by atoms with Crippen molar-refractivity contribution in [2.75, 3.05) is 19.4 Å². The first-order chi connectivity index (χ1) is 10.1. The molecular formula is C14H19N5O2. The van der Waals surface area contributed by atoms with Crippen LogP contribution in [0.3, 0.4) is 0 Å². The Bertz CT molecular complexity index is 611. The van der Waals surface area contributed by atoms with Crippen LogP contribution in [-0.4, -0.2) is 39.2 Å². The largest absolute Gasteiger partial charge is 0.494 e. The van der Waals surface area contributed by atoms with E-state index in [1.54, 1.807) is 11.9 Å². The molecule has 0 bridgehead atoms. The summed E-state index contributed by atoms with van der Waals surface area (Å²) in [7, 11) is 1.74. The Balaban J connectivity index is 2.00. The summed E-state index contributed by atoms with van der Waals surface area (Å²) < 4.78 is 6.98. The van der Waals surface area contributed by atoms with E-state index in [1.165, 1.54) is 11.0 Å². The average Bonchev–Trinajstić information content (AvgIpc) is 2.86. The molecule has 1 aromatic heterocycles. The molecule has 0 fully saturated rings. The Morgan fingerprint density at radius 2 is 2.19 bits per heavy atom. The Morgan fingerprint density at radius 1 is 1.43 bits per heavy atom. The van der Waals surface area contributed by atoms with Crippen LogP contribution in [0.5, 0.6) is 5.75 Å². The van der Waals surface area contributed by atoms with Crippen molar-refractivity contribution in [3.8, 4) is 5.75 Å². The summed E-state index contributed by atoms with van der Waals surface area (Å²) in [6.45, 7) is 3.10. The number of nitrogen functional groups attached to an aromatic ring is 1. The van der Waals surface area contributed by atoms with E-state index in [2.05, 4.69) is 10.1 Å². The molecule has 2 N–H and O–H groups in total. The summed E-state index contributed by atoms with van der Waals surface area (Å²) in [5, 5.41) is 3.90. The number of rotatable bonds is 6. The van der Waals surface area contributed by atoms with Crippen LogP contribution in [0, 0.1) is 0 Å². The number of aromatic nitrogens is 3. The smallest absolute Gasteiger partial charge is 0.244 e. The molecule has 7 nitrogen and oxygen atoms in total. The summed E-state index contributed by atoms with van der Waals surface area (Å²) in [4.78, 5) is 17.6. The summed E-state index contributed by atoms with van der Waals surface area (Å²) >= 11 is 0. The predicted octanol–water partition coefficient (Wildman–Crippen LogP) is 0.918. The van der Waals surface area contributed by atoms with Crippen molar-refractivity contribution in [1.29, 1.82) is 0 Å². The molecule has 0 atom stereocenters. The number of carbonyl (C=O) groups excluding carboxylic acids is 1. The number of likely N-dealkylation sites (N-methyl/N-ethyl adjacent to an activating group) is 1. The number of para-hydroxylation sites is 1. The van der Waals surface area contributed by atoms with Gasteiger partial charge in [0.25, 0.3) is 0 Å². The van der Waals surface area contributed by atoms with Crippen LogP contribution in [-0.2, 0) is 17.9 Å². The van der Waals surface area contributed by atoms with Crippen molar-refractivity contribution in [3.05, 3.63) is 36.2 Å². The monoisotopic (exact) mass is 289 g/mol. The SMILES string of the molecule is CCOc1ccccc1CN(C)C(=O)Cn1cnc(N)n1. The second kappa shape index (κ2) is 6.74. The van der Waals surface area contributed by atoms with Crippen LogP contribution >= 0.6 is 0 Å². The lowest BCUT2D eigenvalue weighted by molar-refractivity contribution is -0.131. The number of amides is 1. The van der Waals surface area contributed by atoms with Gasteiger partial charge in [0.1, 0.15) is 18.6 Å². The zero-order valence-corrected chi connectivity index (χ0v) is 12.2. The van der Waals surface area contributed by atoms with Crippen molar-refractivity contribution >= 4 is 11.9 Å². The maximum absolute atomic E-state index is 12.2. The maximum atomic E-state index is 12.2. The van der Waals surface area contributed by atoms with Gasteiger partial charge < -0.3 is 15.4 Å². The first-order valence-corrected chi connectivity index (χ1v) is 6.69. The molecule has 1 heterocycles. The van der Waals surface area contributed by atoms with Gasteiger partial charge >= 0.3 is 0 Å². The molecule has 0 aliphatic rings. The number of benzene rings is 1. The third kappa shape index (κ3) is 3.95. The van der Waals surface area contributed by atoms with Crippen molar-refractivity contribution < 1.29 is 9.53 Å². The van der Waals surface area contributed by atoms with Gasteiger partial charge in [-0.25, -0.2) is 9.67 Å². The molecule has 0 spiro atoms. The second-order valence-electron chi connectivity index (χ2n) is 4.59. The third-order valence-corrected chi connectivity index (χ3v) is 2.96. The summed E-state index contributed by atoms with van der Waals surface area (Å²) in [5.74, 6) is 0.878. The molecule has 1 amide bonds. The summed E-state index contributed by atoms with van der Waals surface area (Å²) in [6.07, 6.45) is 1.44. The molecule has 0 unspecified atom stereocenters. The lowest BCUT2D eigenvalue weighted by Crippen LogP contribution is -2.30. The van der Waals surface area contributed by atoms with Gasteiger partial charge in [0.05, 0.1) is 6.61 Å². The minimum atomic E-state index is -0.0776. The van der Waals surface area contributed by atoms with Gasteiger partial charge in [-0.05, 0) is 13.0 Å². The minimum Gasteiger partial charge on any atom is -0.494 e. The fourth-order valence-corrected chi connectivity index (χ4v) is 1.92. The van der Waals surface area contributed by atoms with Crippen LogP contribution in [0.25, 0.3) is 0 Å². The molecular weight excluding hydrogens is 270 g/mol. The molecule has 21 heavy (non-hydrogen) atoms. The lowest BCUT2D eigenvalue weighted by atomic mass is 10.2. The van der Waals surface area contributed by atoms with E-state index in [1.807, 2.05) is 31.2 Å². The highest BCUT2D eigenvalue weighted by molar-refractivity contribution is 5.75. The van der Waals surface area contributed by atoms with Crippen LogP contribution in [0.2, 0.25) is 0 Å². The van der Waals surface area contributed by atoms with Crippen LogP contribution < -0.4 is 10.5 Å². The molecule has 0 aliphatic heterocycles. The fourth-order valence-electron chi connectivity index (χ4n) is 1.92. The van der Waals surface area contributed by atoms with Gasteiger partial charge in [0.15, 0.2) is 0 Å². The molecule has 7 heteroatoms. The Hall–Kier alpha value is -2.57. The standard InChI is InChI=1S/C14H19N5O2/c1-3-21-12-7-5-4-6-11(12)8-18(2)13(20)9-19-10-16-14(15)17-19/h4-7,10H,3,8-9H2,1-2H3,(H2,15,17). The Kier molecular flexibility index (Phi) is 4.76. The molecule has 0 saturated carbocycles. The number of ether oxygens (including phenoxy) is 1. The number of carbonyl (C=O) groups is 1. The van der Waals surface area contributed by atoms with E-state index in [9.17, 15) is 4.79 Å². The number of hydrogen-bond acceptors (Lipinski definition) is 5. The maximum Gasteiger partial charge on any atom is 0.244 e. The van der Waals surface area contributed by atoms with Gasteiger partial charge in [-0.15, -0.1) is 5.10 Å². The van der Waals surface area contributed by atoms with E-state index in [4.69, 9.17) is 10.5 Å². The second-order valence-corrected chi connectivity index (χ2v) is 4.59. The van der Waals surface area contributed by atoms with Gasteiger partial charge in [-0.2, -0.15) is 0 Å². The van der Waals surface area contributed by atoms with E-state index in [0.29, 0.717) is 13.2 Å². The Labute approximate surface area is 123 Å². The highest BCUT2D eigenvalue weighted by Crippen LogP contribution is 2.19. The van der Waals surface area contributed by atoms with Crippen LogP contribution in [0.15, 0.2) is 30.6 Å². The topological polar surface area (TPSA) is 86.3 Å². The molecule has 1 aromatic carbocycles. The molecule has 112 valence electrons. The summed E-state index contributed by atoms with van der Waals surface area (Å²) in [6, 6.07) is 7.68. The van der Waals surface area contributed by atoms with Gasteiger partial charge in [-0.1, -0.05) is 18.2 Å². The number of hydrogen-bond donors (Lipinski definition) is 1. The molecule has 0 aliphatic carbocycles. The summed E-state index contributed by atoms with van der Waals surface area (Å²) in [5.41, 5.74) is 6.39. The van der Waals surface area contributed by atoms with E-state index in [-0.39, 0.29) is 18.4 Å². The van der Waals surface area contributed by atoms with E-state index < -0.39 is 0 Å². The third-order valence-electron chi connectivity index (χ3n) is 2.96.